The number of ketones is 2. The van der Waals surface area contributed by atoms with Gasteiger partial charge in [-0.2, -0.15) is 0 Å². The second kappa shape index (κ2) is 5.93. The molecule has 7 N–H and O–H groups in total. The maximum absolute atomic E-state index is 13.2. The van der Waals surface area contributed by atoms with Gasteiger partial charge in [0.15, 0.2) is 11.4 Å². The first-order valence-electron chi connectivity index (χ1n) is 9.39. The molecule has 3 unspecified atom stereocenters. The number of rotatable bonds is 1. The highest BCUT2D eigenvalue weighted by atomic mass is 16.3. The average Bonchev–Trinajstić information content (AvgIpc) is 2.66. The van der Waals surface area contributed by atoms with Crippen molar-refractivity contribution in [3.05, 3.63) is 52.0 Å². The number of aliphatic hydroxyl groups excluding tert-OH is 2. The van der Waals surface area contributed by atoms with Gasteiger partial charge in [-0.3, -0.25) is 14.4 Å². The van der Waals surface area contributed by atoms with E-state index < -0.39 is 74.8 Å². The van der Waals surface area contributed by atoms with Crippen molar-refractivity contribution < 1.29 is 39.9 Å². The number of nitrogens with two attached hydrogens (primary N) is 1. The molecule has 9 nitrogen and oxygen atoms in total. The molecular formula is C21H21NO8. The van der Waals surface area contributed by atoms with Gasteiger partial charge < -0.3 is 31.3 Å². The summed E-state index contributed by atoms with van der Waals surface area (Å²) in [6.45, 7) is 2.84. The lowest BCUT2D eigenvalue weighted by molar-refractivity contribution is -0.150. The monoisotopic (exact) mass is 415 g/mol. The zero-order valence-corrected chi connectivity index (χ0v) is 16.2. The third kappa shape index (κ3) is 2.16. The second-order valence-corrected chi connectivity index (χ2v) is 8.34. The van der Waals surface area contributed by atoms with Crippen LogP contribution in [0.2, 0.25) is 0 Å². The Morgan fingerprint density at radius 1 is 1.17 bits per heavy atom. The van der Waals surface area contributed by atoms with E-state index in [1.54, 1.807) is 0 Å². The topological polar surface area (TPSA) is 178 Å². The van der Waals surface area contributed by atoms with Crippen LogP contribution >= 0.6 is 0 Å². The number of Topliss-reactive ketones (excluding diaryl/α,β-unsaturated/α-hetero) is 2. The summed E-state index contributed by atoms with van der Waals surface area (Å²) in [5, 5.41) is 54.1. The molecule has 0 saturated carbocycles. The Morgan fingerprint density at radius 2 is 1.80 bits per heavy atom. The van der Waals surface area contributed by atoms with Gasteiger partial charge in [0, 0.05) is 23.3 Å². The van der Waals surface area contributed by atoms with E-state index in [4.69, 9.17) is 5.73 Å². The normalized spacial score (nSPS) is 35.7. The number of benzene rings is 1. The molecule has 0 spiro atoms. The highest BCUT2D eigenvalue weighted by Gasteiger charge is 2.64. The van der Waals surface area contributed by atoms with E-state index in [1.165, 1.54) is 32.0 Å². The molecule has 0 fully saturated rings. The average molecular weight is 415 g/mol. The van der Waals surface area contributed by atoms with Crippen molar-refractivity contribution in [3.63, 3.8) is 0 Å². The fourth-order valence-electron chi connectivity index (χ4n) is 5.19. The highest BCUT2D eigenvalue weighted by Crippen LogP contribution is 2.57. The van der Waals surface area contributed by atoms with E-state index in [2.05, 4.69) is 0 Å². The molecule has 3 aliphatic rings. The third-order valence-corrected chi connectivity index (χ3v) is 6.84. The van der Waals surface area contributed by atoms with Gasteiger partial charge in [-0.25, -0.2) is 0 Å². The standard InChI is InChI=1S/C21H21NO8/c1-7-9-6-10-13(16(25)12-8(20(10,2)29)4-3-5-11(12)23)17(26)21(9,30)18(27)14(15(7)24)19(22)28/h3-5,7,9-10,23-24,26,29-30H,6H2,1-2H3,(H2,22,28)/t7?,9?,10?,20-,21+/m1/s1. The number of phenols is 1. The van der Waals surface area contributed by atoms with Crippen LogP contribution in [0.3, 0.4) is 0 Å². The quantitative estimate of drug-likeness (QED) is 0.359. The molecule has 1 amide bonds. The Hall–Kier alpha value is -3.17. The maximum Gasteiger partial charge on any atom is 0.255 e. The third-order valence-electron chi connectivity index (χ3n) is 6.84. The van der Waals surface area contributed by atoms with Crippen molar-refractivity contribution in [2.75, 3.05) is 0 Å². The van der Waals surface area contributed by atoms with Crippen LogP contribution in [0.1, 0.15) is 36.2 Å². The molecule has 0 aromatic heterocycles. The summed E-state index contributed by atoms with van der Waals surface area (Å²) < 4.78 is 0. The lowest BCUT2D eigenvalue weighted by atomic mass is 9.54. The van der Waals surface area contributed by atoms with Gasteiger partial charge in [-0.15, -0.1) is 0 Å². The molecule has 1 aromatic carbocycles. The number of allylic oxidation sites excluding steroid dienone is 1. The maximum atomic E-state index is 13.2. The fraction of sp³-hybridized carbons (Fsp3) is 0.381. The van der Waals surface area contributed by atoms with Crippen LogP contribution in [0.4, 0.5) is 0 Å². The predicted octanol–water partition coefficient (Wildman–Crippen LogP) is 0.491. The van der Waals surface area contributed by atoms with Gasteiger partial charge in [-0.05, 0) is 25.0 Å². The van der Waals surface area contributed by atoms with Gasteiger partial charge in [0.25, 0.3) is 5.91 Å². The van der Waals surface area contributed by atoms with Crippen molar-refractivity contribution in [1.29, 1.82) is 0 Å². The molecule has 0 bridgehead atoms. The molecule has 1 aromatic rings. The summed E-state index contributed by atoms with van der Waals surface area (Å²) in [5.41, 5.74) is -0.586. The number of phenolic OH excluding ortho intramolecular Hbond substituents is 1. The van der Waals surface area contributed by atoms with Crippen LogP contribution in [0.25, 0.3) is 0 Å². The highest BCUT2D eigenvalue weighted by molar-refractivity contribution is 6.24. The van der Waals surface area contributed by atoms with E-state index >= 15 is 0 Å². The molecule has 3 aliphatic carbocycles. The molecular weight excluding hydrogens is 394 g/mol. The number of carbonyl (C=O) groups excluding carboxylic acids is 3. The molecule has 30 heavy (non-hydrogen) atoms. The Morgan fingerprint density at radius 3 is 2.40 bits per heavy atom. The van der Waals surface area contributed by atoms with E-state index in [0.717, 1.165) is 0 Å². The summed E-state index contributed by atoms with van der Waals surface area (Å²) in [7, 11) is 0. The van der Waals surface area contributed by atoms with Crippen molar-refractivity contribution >= 4 is 17.5 Å². The van der Waals surface area contributed by atoms with E-state index in [1.807, 2.05) is 0 Å². The predicted molar refractivity (Wildman–Crippen MR) is 101 cm³/mol. The molecule has 0 radical (unpaired) electrons. The Kier molecular flexibility index (Phi) is 3.98. The lowest BCUT2D eigenvalue weighted by Crippen LogP contribution is -2.61. The number of fused-ring (bicyclic) bond motifs is 3. The smallest absolute Gasteiger partial charge is 0.255 e. The van der Waals surface area contributed by atoms with Gasteiger partial charge in [0.05, 0.1) is 11.2 Å². The van der Waals surface area contributed by atoms with Crippen molar-refractivity contribution in [3.8, 4) is 5.75 Å². The largest absolute Gasteiger partial charge is 0.511 e. The first-order chi connectivity index (χ1) is 13.9. The number of aromatic hydroxyl groups is 1. The summed E-state index contributed by atoms with van der Waals surface area (Å²) in [4.78, 5) is 37.9. The zero-order chi connectivity index (χ0) is 22.3. The number of aliphatic hydroxyl groups is 4. The van der Waals surface area contributed by atoms with E-state index in [-0.39, 0.29) is 17.5 Å². The zero-order valence-electron chi connectivity index (χ0n) is 16.2. The first-order valence-corrected chi connectivity index (χ1v) is 9.39. The molecule has 4 rings (SSSR count). The van der Waals surface area contributed by atoms with E-state index in [9.17, 15) is 39.9 Å². The van der Waals surface area contributed by atoms with Crippen LogP contribution in [0.5, 0.6) is 5.75 Å². The number of amides is 1. The van der Waals surface area contributed by atoms with Crippen molar-refractivity contribution in [2.24, 2.45) is 23.5 Å². The molecule has 5 atom stereocenters. The Bertz CT molecular complexity index is 1100. The van der Waals surface area contributed by atoms with Gasteiger partial charge in [0.1, 0.15) is 22.8 Å². The Balaban J connectivity index is 2.03. The summed E-state index contributed by atoms with van der Waals surface area (Å²) in [5.74, 6) is -8.63. The molecule has 0 aliphatic heterocycles. The molecule has 0 heterocycles. The summed E-state index contributed by atoms with van der Waals surface area (Å²) in [6.07, 6.45) is -0.160. The van der Waals surface area contributed by atoms with Gasteiger partial charge >= 0.3 is 0 Å². The van der Waals surface area contributed by atoms with Gasteiger partial charge in [0.2, 0.25) is 5.78 Å². The van der Waals surface area contributed by atoms with Crippen molar-refractivity contribution in [1.82, 2.24) is 0 Å². The summed E-state index contributed by atoms with van der Waals surface area (Å²) in [6, 6.07) is 4.18. The minimum atomic E-state index is -2.69. The molecule has 158 valence electrons. The van der Waals surface area contributed by atoms with Crippen LogP contribution in [0, 0.1) is 17.8 Å². The minimum Gasteiger partial charge on any atom is -0.511 e. The molecule has 0 saturated heterocycles. The SMILES string of the molecule is CC1C(O)=C(C(N)=O)C(=O)[C@@]2(O)C(O)=C3C(=O)c4c(O)cccc4[C@@](C)(O)C3CC12. The van der Waals surface area contributed by atoms with Gasteiger partial charge in [-0.1, -0.05) is 19.1 Å². The van der Waals surface area contributed by atoms with Crippen LogP contribution < -0.4 is 5.73 Å². The lowest BCUT2D eigenvalue weighted by Gasteiger charge is -2.51. The summed E-state index contributed by atoms with van der Waals surface area (Å²) >= 11 is 0. The first kappa shape index (κ1) is 20.1. The second-order valence-electron chi connectivity index (χ2n) is 8.34. The number of carbonyl (C=O) groups is 3. The molecule has 9 heteroatoms. The van der Waals surface area contributed by atoms with Crippen molar-refractivity contribution in [2.45, 2.75) is 31.5 Å². The number of primary amides is 1. The van der Waals surface area contributed by atoms with Crippen LogP contribution in [0.15, 0.2) is 40.9 Å². The van der Waals surface area contributed by atoms with E-state index in [0.29, 0.717) is 0 Å². The fourth-order valence-corrected chi connectivity index (χ4v) is 5.19. The number of hydrogen-bond donors (Lipinski definition) is 6. The Labute approximate surface area is 170 Å². The number of hydrogen-bond acceptors (Lipinski definition) is 8. The minimum absolute atomic E-state index is 0.145. The van der Waals surface area contributed by atoms with Crippen LogP contribution in [-0.4, -0.2) is 48.6 Å². The van der Waals surface area contributed by atoms with Crippen LogP contribution in [-0.2, 0) is 15.2 Å².